The molecule has 1 aliphatic rings. The summed E-state index contributed by atoms with van der Waals surface area (Å²) in [6.07, 6.45) is 0. The molecule has 0 saturated carbocycles. The van der Waals surface area contributed by atoms with E-state index in [1.807, 2.05) is 30.3 Å². The van der Waals surface area contributed by atoms with Crippen LogP contribution in [0.15, 0.2) is 77.8 Å². The van der Waals surface area contributed by atoms with Gasteiger partial charge < -0.3 is 14.8 Å². The number of nitrogens with zero attached hydrogens (tertiary/aromatic N) is 2. The van der Waals surface area contributed by atoms with Crippen LogP contribution >= 0.6 is 0 Å². The third-order valence-electron chi connectivity index (χ3n) is 5.61. The van der Waals surface area contributed by atoms with Gasteiger partial charge in [-0.05, 0) is 36.4 Å². The Kier molecular flexibility index (Phi) is 5.57. The summed E-state index contributed by atoms with van der Waals surface area (Å²) in [7, 11) is 1.32. The number of carbonyl (C=O) groups excluding carboxylic acids is 2. The molecule has 0 atom stereocenters. The van der Waals surface area contributed by atoms with Crippen LogP contribution in [0.1, 0.15) is 31.8 Å². The van der Waals surface area contributed by atoms with Gasteiger partial charge in [-0.15, -0.1) is 0 Å². The quantitative estimate of drug-likeness (QED) is 0.346. The summed E-state index contributed by atoms with van der Waals surface area (Å²) in [4.78, 5) is 37.2. The zero-order chi connectivity index (χ0) is 23.7. The number of benzene rings is 3. The predicted molar refractivity (Wildman–Crippen MR) is 126 cm³/mol. The van der Waals surface area contributed by atoms with E-state index in [1.54, 1.807) is 42.5 Å². The zero-order valence-corrected chi connectivity index (χ0v) is 18.3. The van der Waals surface area contributed by atoms with E-state index in [0.717, 1.165) is 5.56 Å². The number of hydrogen-bond acceptors (Lipinski definition) is 6. The molecule has 2 N–H and O–H groups in total. The highest BCUT2D eigenvalue weighted by Gasteiger charge is 2.23. The van der Waals surface area contributed by atoms with Gasteiger partial charge in [0.1, 0.15) is 0 Å². The Hall–Kier alpha value is -4.43. The van der Waals surface area contributed by atoms with E-state index in [2.05, 4.69) is 4.98 Å². The van der Waals surface area contributed by atoms with Crippen LogP contribution in [0.25, 0.3) is 10.9 Å². The summed E-state index contributed by atoms with van der Waals surface area (Å²) in [5, 5.41) is 12.8. The average molecular weight is 455 g/mol. The van der Waals surface area contributed by atoms with Crippen molar-refractivity contribution in [1.82, 2.24) is 10.0 Å². The van der Waals surface area contributed by atoms with Gasteiger partial charge in [0, 0.05) is 22.0 Å². The lowest BCUT2D eigenvalue weighted by Gasteiger charge is -2.29. The standard InChI is InChI=1S/C26H21N3O5/c1-33-26(32)18-9-12-20-21(15-18)28-24(30)22(20)23(16-5-3-2-4-6-16)27-19-10-7-17(8-11-19)25(31)29-13-14-34-29/h2-12,15,28,30H,13-14H2,1H3. The van der Waals surface area contributed by atoms with Gasteiger partial charge in [0.15, 0.2) is 5.88 Å². The predicted octanol–water partition coefficient (Wildman–Crippen LogP) is 4.22. The van der Waals surface area contributed by atoms with Gasteiger partial charge in [-0.1, -0.05) is 36.4 Å². The molecule has 1 amide bonds. The highest BCUT2D eigenvalue weighted by atomic mass is 16.7. The molecule has 0 spiro atoms. The third-order valence-corrected chi connectivity index (χ3v) is 5.61. The molecular weight excluding hydrogens is 434 g/mol. The Labute approximate surface area is 195 Å². The summed E-state index contributed by atoms with van der Waals surface area (Å²) < 4.78 is 4.80. The second-order valence-electron chi connectivity index (χ2n) is 7.71. The number of H-pyrrole nitrogens is 1. The van der Waals surface area contributed by atoms with Crippen molar-refractivity contribution >= 4 is 34.2 Å². The van der Waals surface area contributed by atoms with E-state index in [4.69, 9.17) is 14.6 Å². The number of amides is 1. The number of hydrogen-bond donors (Lipinski definition) is 2. The average Bonchev–Trinajstić information content (AvgIpc) is 3.16. The van der Waals surface area contributed by atoms with Crippen LogP contribution < -0.4 is 0 Å². The molecule has 3 aromatic carbocycles. The summed E-state index contributed by atoms with van der Waals surface area (Å²) >= 11 is 0. The van der Waals surface area contributed by atoms with Gasteiger partial charge in [0.05, 0.1) is 42.8 Å². The zero-order valence-electron chi connectivity index (χ0n) is 18.3. The monoisotopic (exact) mass is 455 g/mol. The molecule has 0 aliphatic carbocycles. The van der Waals surface area contributed by atoms with Crippen molar-refractivity contribution in [2.24, 2.45) is 4.99 Å². The van der Waals surface area contributed by atoms with Crippen LogP contribution in [-0.2, 0) is 9.57 Å². The number of hydroxylamine groups is 2. The topological polar surface area (TPSA) is 104 Å². The molecule has 0 bridgehead atoms. The van der Waals surface area contributed by atoms with Crippen molar-refractivity contribution in [1.29, 1.82) is 0 Å². The van der Waals surface area contributed by atoms with E-state index in [-0.39, 0.29) is 11.8 Å². The lowest BCUT2D eigenvalue weighted by molar-refractivity contribution is -0.207. The van der Waals surface area contributed by atoms with Crippen molar-refractivity contribution < 1.29 is 24.3 Å². The van der Waals surface area contributed by atoms with Crippen LogP contribution in [0.2, 0.25) is 0 Å². The van der Waals surface area contributed by atoms with Crippen molar-refractivity contribution in [2.45, 2.75) is 0 Å². The van der Waals surface area contributed by atoms with Crippen molar-refractivity contribution in [3.8, 4) is 5.88 Å². The number of esters is 1. The fraction of sp³-hybridized carbons (Fsp3) is 0.115. The van der Waals surface area contributed by atoms with E-state index in [9.17, 15) is 14.7 Å². The summed E-state index contributed by atoms with van der Waals surface area (Å²) in [6, 6.07) is 21.4. The highest BCUT2D eigenvalue weighted by Crippen LogP contribution is 2.32. The molecule has 0 unspecified atom stereocenters. The number of carbonyl (C=O) groups is 2. The minimum atomic E-state index is -0.465. The summed E-state index contributed by atoms with van der Waals surface area (Å²) in [5.41, 5.74) is 3.91. The molecule has 1 aromatic heterocycles. The van der Waals surface area contributed by atoms with Crippen LogP contribution in [0, 0.1) is 0 Å². The van der Waals surface area contributed by atoms with Crippen LogP contribution in [-0.4, -0.2) is 53.0 Å². The molecule has 1 fully saturated rings. The van der Waals surface area contributed by atoms with Crippen LogP contribution in [0.5, 0.6) is 5.88 Å². The number of ether oxygens (including phenoxy) is 1. The molecule has 2 heterocycles. The number of rotatable bonds is 5. The minimum absolute atomic E-state index is 0.0682. The van der Waals surface area contributed by atoms with Crippen LogP contribution in [0.4, 0.5) is 5.69 Å². The second kappa shape index (κ2) is 8.84. The van der Waals surface area contributed by atoms with E-state index >= 15 is 0 Å². The Morgan fingerprint density at radius 2 is 1.71 bits per heavy atom. The summed E-state index contributed by atoms with van der Waals surface area (Å²) in [6.45, 7) is 1.12. The lowest BCUT2D eigenvalue weighted by atomic mass is 10.00. The van der Waals surface area contributed by atoms with E-state index in [1.165, 1.54) is 12.2 Å². The number of methoxy groups -OCH3 is 1. The number of aromatic amines is 1. The Morgan fingerprint density at radius 1 is 1.00 bits per heavy atom. The maximum Gasteiger partial charge on any atom is 0.337 e. The van der Waals surface area contributed by atoms with Gasteiger partial charge in [0.25, 0.3) is 5.91 Å². The van der Waals surface area contributed by atoms with Crippen molar-refractivity contribution in [3.63, 3.8) is 0 Å². The Bertz CT molecular complexity index is 1400. The fourth-order valence-electron chi connectivity index (χ4n) is 3.82. The van der Waals surface area contributed by atoms with Gasteiger partial charge in [0.2, 0.25) is 0 Å². The second-order valence-corrected chi connectivity index (χ2v) is 7.71. The number of aliphatic imine (C=N–C) groups is 1. The normalized spacial score (nSPS) is 13.6. The van der Waals surface area contributed by atoms with Gasteiger partial charge >= 0.3 is 5.97 Å². The Balaban J connectivity index is 1.59. The molecule has 1 aliphatic heterocycles. The van der Waals surface area contributed by atoms with Gasteiger partial charge in [-0.3, -0.25) is 9.63 Å². The maximum atomic E-state index is 12.4. The number of nitrogens with one attached hydrogen (secondary N) is 1. The molecular formula is C26H21N3O5. The first-order chi connectivity index (χ1) is 16.5. The van der Waals surface area contributed by atoms with Crippen molar-refractivity contribution in [3.05, 3.63) is 95.1 Å². The lowest BCUT2D eigenvalue weighted by Crippen LogP contribution is -2.43. The van der Waals surface area contributed by atoms with Crippen LogP contribution in [0.3, 0.4) is 0 Å². The van der Waals surface area contributed by atoms with Gasteiger partial charge in [-0.2, -0.15) is 0 Å². The molecule has 0 radical (unpaired) electrons. The fourth-order valence-corrected chi connectivity index (χ4v) is 3.82. The minimum Gasteiger partial charge on any atom is -0.494 e. The molecule has 8 nitrogen and oxygen atoms in total. The number of aromatic nitrogens is 1. The molecule has 4 aromatic rings. The Morgan fingerprint density at radius 3 is 2.35 bits per heavy atom. The largest absolute Gasteiger partial charge is 0.494 e. The summed E-state index contributed by atoms with van der Waals surface area (Å²) in [5.74, 6) is -0.727. The molecule has 170 valence electrons. The van der Waals surface area contributed by atoms with Gasteiger partial charge in [-0.25, -0.2) is 14.9 Å². The number of fused-ring (bicyclic) bond motifs is 1. The smallest absolute Gasteiger partial charge is 0.337 e. The highest BCUT2D eigenvalue weighted by molar-refractivity contribution is 6.22. The first-order valence-corrected chi connectivity index (χ1v) is 10.7. The molecule has 8 heteroatoms. The third kappa shape index (κ3) is 3.91. The molecule has 1 saturated heterocycles. The van der Waals surface area contributed by atoms with Crippen molar-refractivity contribution in [2.75, 3.05) is 20.3 Å². The van der Waals surface area contributed by atoms with E-state index in [0.29, 0.717) is 52.1 Å². The van der Waals surface area contributed by atoms with E-state index < -0.39 is 5.97 Å². The first-order valence-electron chi connectivity index (χ1n) is 10.7. The SMILES string of the molecule is COC(=O)c1ccc2c(C(=Nc3ccc(C(=O)N4CCO4)cc3)c3ccccc3)c(O)[nH]c2c1. The molecule has 5 rings (SSSR count). The first kappa shape index (κ1) is 21.4. The number of aromatic hydroxyl groups is 1. The molecule has 34 heavy (non-hydrogen) atoms. The maximum absolute atomic E-state index is 12.4.